The number of carbonyl (C=O) groups excluding carboxylic acids is 1. The normalized spacial score (nSPS) is 17.6. The molecule has 134 valence electrons. The molecule has 0 radical (unpaired) electrons. The van der Waals surface area contributed by atoms with Crippen LogP contribution >= 0.6 is 0 Å². The molecule has 7 nitrogen and oxygen atoms in total. The number of aromatic nitrogens is 3. The Hall–Kier alpha value is -2.96. The van der Waals surface area contributed by atoms with Crippen LogP contribution in [0.4, 0.5) is 0 Å². The number of piperidine rings is 1. The zero-order valence-corrected chi connectivity index (χ0v) is 14.6. The van der Waals surface area contributed by atoms with Gasteiger partial charge in [-0.3, -0.25) is 19.3 Å². The van der Waals surface area contributed by atoms with Gasteiger partial charge in [-0.15, -0.1) is 0 Å². The van der Waals surface area contributed by atoms with Gasteiger partial charge in [0.05, 0.1) is 16.9 Å². The molecule has 3 heterocycles. The van der Waals surface area contributed by atoms with Crippen molar-refractivity contribution in [1.29, 1.82) is 0 Å². The van der Waals surface area contributed by atoms with E-state index in [1.54, 1.807) is 30.6 Å². The first kappa shape index (κ1) is 16.5. The van der Waals surface area contributed by atoms with Gasteiger partial charge >= 0.3 is 5.76 Å². The molecule has 1 unspecified atom stereocenters. The van der Waals surface area contributed by atoms with Gasteiger partial charge in [-0.1, -0.05) is 12.1 Å². The summed E-state index contributed by atoms with van der Waals surface area (Å²) >= 11 is 0. The molecular weight excluding hydrogens is 332 g/mol. The Balaban J connectivity index is 1.52. The zero-order valence-electron chi connectivity index (χ0n) is 14.6. The van der Waals surface area contributed by atoms with Gasteiger partial charge in [-0.25, -0.2) is 4.79 Å². The Morgan fingerprint density at radius 1 is 1.31 bits per heavy atom. The Kier molecular flexibility index (Phi) is 4.28. The molecule has 0 saturated carbocycles. The lowest BCUT2D eigenvalue weighted by molar-refractivity contribution is -0.133. The molecule has 1 saturated heterocycles. The maximum atomic E-state index is 12.8. The monoisotopic (exact) mass is 352 g/mol. The molecule has 0 spiro atoms. The number of aryl methyl sites for hydroxylation is 1. The molecule has 0 bridgehead atoms. The topological polar surface area (TPSA) is 81.2 Å². The fraction of sp³-hybridized carbons (Fsp3) is 0.368. The van der Waals surface area contributed by atoms with Gasteiger partial charge in [0.15, 0.2) is 5.58 Å². The predicted molar refractivity (Wildman–Crippen MR) is 95.8 cm³/mol. The van der Waals surface area contributed by atoms with Crippen LogP contribution in [0, 0.1) is 6.92 Å². The summed E-state index contributed by atoms with van der Waals surface area (Å²) in [6.07, 6.45) is 5.40. The number of fused-ring (bicyclic) bond motifs is 1. The van der Waals surface area contributed by atoms with Gasteiger partial charge in [0, 0.05) is 31.4 Å². The minimum absolute atomic E-state index is 0.0118. The molecule has 7 heteroatoms. The van der Waals surface area contributed by atoms with E-state index in [4.69, 9.17) is 4.42 Å². The standard InChI is InChI=1S/C19H20N4O3/c1-13-9-20-10-15(21-13)14-5-4-8-22(11-14)18(24)12-23-16-6-2-3-7-17(16)26-19(23)25/h2-3,6-7,9-10,14H,4-5,8,11-12H2,1H3. The molecule has 1 amide bonds. The number of para-hydroxylation sites is 2. The Bertz CT molecular complexity index is 1010. The van der Waals surface area contributed by atoms with Crippen molar-refractivity contribution in [2.75, 3.05) is 13.1 Å². The number of oxazole rings is 1. The summed E-state index contributed by atoms with van der Waals surface area (Å²) in [7, 11) is 0. The fourth-order valence-corrected chi connectivity index (χ4v) is 3.52. The number of benzene rings is 1. The molecule has 1 aliphatic heterocycles. The van der Waals surface area contributed by atoms with Gasteiger partial charge in [0.25, 0.3) is 0 Å². The number of amides is 1. The summed E-state index contributed by atoms with van der Waals surface area (Å²) in [6.45, 7) is 3.20. The van der Waals surface area contributed by atoms with E-state index in [0.717, 1.165) is 24.2 Å². The van der Waals surface area contributed by atoms with E-state index in [2.05, 4.69) is 9.97 Å². The van der Waals surface area contributed by atoms with Crippen LogP contribution in [0.5, 0.6) is 0 Å². The maximum Gasteiger partial charge on any atom is 0.420 e. The molecule has 1 aromatic carbocycles. The maximum absolute atomic E-state index is 12.8. The van der Waals surface area contributed by atoms with Gasteiger partial charge < -0.3 is 9.32 Å². The zero-order chi connectivity index (χ0) is 18.1. The third-order valence-electron chi connectivity index (χ3n) is 4.83. The highest BCUT2D eigenvalue weighted by Gasteiger charge is 2.26. The average molecular weight is 352 g/mol. The molecule has 0 N–H and O–H groups in total. The Morgan fingerprint density at radius 3 is 3.00 bits per heavy atom. The quantitative estimate of drug-likeness (QED) is 0.721. The lowest BCUT2D eigenvalue weighted by Crippen LogP contribution is -2.42. The van der Waals surface area contributed by atoms with Crippen molar-refractivity contribution >= 4 is 17.0 Å². The van der Waals surface area contributed by atoms with Crippen LogP contribution in [0.2, 0.25) is 0 Å². The first-order chi connectivity index (χ1) is 12.6. The van der Waals surface area contributed by atoms with Crippen LogP contribution in [0.1, 0.15) is 30.1 Å². The molecule has 3 aromatic rings. The number of hydrogen-bond donors (Lipinski definition) is 0. The van der Waals surface area contributed by atoms with Crippen LogP contribution in [0.15, 0.2) is 45.9 Å². The van der Waals surface area contributed by atoms with Crippen molar-refractivity contribution in [2.45, 2.75) is 32.2 Å². The highest BCUT2D eigenvalue weighted by Crippen LogP contribution is 2.25. The van der Waals surface area contributed by atoms with Crippen molar-refractivity contribution in [1.82, 2.24) is 19.4 Å². The molecule has 2 aromatic heterocycles. The van der Waals surface area contributed by atoms with Gasteiger partial charge in [0.1, 0.15) is 6.54 Å². The molecule has 1 atom stereocenters. The summed E-state index contributed by atoms with van der Waals surface area (Å²) in [5, 5.41) is 0. The molecule has 26 heavy (non-hydrogen) atoms. The summed E-state index contributed by atoms with van der Waals surface area (Å²) in [5.74, 6) is -0.403. The van der Waals surface area contributed by atoms with Crippen molar-refractivity contribution in [3.63, 3.8) is 0 Å². The van der Waals surface area contributed by atoms with E-state index < -0.39 is 5.76 Å². The van der Waals surface area contributed by atoms with Crippen molar-refractivity contribution in [3.05, 3.63) is 58.6 Å². The lowest BCUT2D eigenvalue weighted by atomic mass is 9.95. The van der Waals surface area contributed by atoms with E-state index in [1.165, 1.54) is 4.57 Å². The summed E-state index contributed by atoms with van der Waals surface area (Å²) in [6, 6.07) is 7.14. The van der Waals surface area contributed by atoms with E-state index in [0.29, 0.717) is 24.2 Å². The minimum atomic E-state index is -0.502. The van der Waals surface area contributed by atoms with E-state index in [1.807, 2.05) is 17.9 Å². The number of nitrogens with zero attached hydrogens (tertiary/aromatic N) is 4. The summed E-state index contributed by atoms with van der Waals surface area (Å²) in [4.78, 5) is 35.5. The number of rotatable bonds is 3. The molecular formula is C19H20N4O3. The summed E-state index contributed by atoms with van der Waals surface area (Å²) < 4.78 is 6.61. The molecule has 1 aliphatic rings. The van der Waals surface area contributed by atoms with Crippen molar-refractivity contribution in [3.8, 4) is 0 Å². The second-order valence-corrected chi connectivity index (χ2v) is 6.69. The third kappa shape index (κ3) is 3.12. The largest absolute Gasteiger partial charge is 0.420 e. The third-order valence-corrected chi connectivity index (χ3v) is 4.83. The van der Waals surface area contributed by atoms with Crippen LogP contribution in [-0.4, -0.2) is 38.4 Å². The molecule has 1 fully saturated rings. The van der Waals surface area contributed by atoms with Gasteiger partial charge in [-0.05, 0) is 31.9 Å². The number of likely N-dealkylation sites (tertiary alicyclic amines) is 1. The second-order valence-electron chi connectivity index (χ2n) is 6.69. The SMILES string of the molecule is Cc1cncc(C2CCCN(C(=O)Cn3c(=O)oc4ccccc43)C2)n1. The van der Waals surface area contributed by atoms with Crippen LogP contribution in [0.3, 0.4) is 0 Å². The van der Waals surface area contributed by atoms with Crippen LogP contribution < -0.4 is 5.76 Å². The highest BCUT2D eigenvalue weighted by molar-refractivity contribution is 5.79. The average Bonchev–Trinajstić information content (AvgIpc) is 2.97. The van der Waals surface area contributed by atoms with E-state index >= 15 is 0 Å². The summed E-state index contributed by atoms with van der Waals surface area (Å²) in [5.41, 5.74) is 2.94. The van der Waals surface area contributed by atoms with E-state index in [-0.39, 0.29) is 18.4 Å². The smallest absolute Gasteiger partial charge is 0.408 e. The molecule has 0 aliphatic carbocycles. The van der Waals surface area contributed by atoms with Gasteiger partial charge in [-0.2, -0.15) is 0 Å². The fourth-order valence-electron chi connectivity index (χ4n) is 3.52. The minimum Gasteiger partial charge on any atom is -0.408 e. The molecule has 4 rings (SSSR count). The van der Waals surface area contributed by atoms with Crippen molar-refractivity contribution < 1.29 is 9.21 Å². The first-order valence-corrected chi connectivity index (χ1v) is 8.76. The van der Waals surface area contributed by atoms with Gasteiger partial charge in [0.2, 0.25) is 5.91 Å². The number of hydrogen-bond acceptors (Lipinski definition) is 5. The van der Waals surface area contributed by atoms with Crippen LogP contribution in [0.25, 0.3) is 11.1 Å². The van der Waals surface area contributed by atoms with Crippen LogP contribution in [-0.2, 0) is 11.3 Å². The van der Waals surface area contributed by atoms with E-state index in [9.17, 15) is 9.59 Å². The Labute approximate surface area is 150 Å². The highest BCUT2D eigenvalue weighted by atomic mass is 16.4. The Morgan fingerprint density at radius 2 is 2.15 bits per heavy atom. The van der Waals surface area contributed by atoms with Crippen molar-refractivity contribution in [2.24, 2.45) is 0 Å². The predicted octanol–water partition coefficient (Wildman–Crippen LogP) is 2.10. The first-order valence-electron chi connectivity index (χ1n) is 8.76. The number of carbonyl (C=O) groups is 1. The lowest BCUT2D eigenvalue weighted by Gasteiger charge is -2.32. The second kappa shape index (κ2) is 6.74.